The number of ether oxygens (including phenoxy) is 2. The van der Waals surface area contributed by atoms with E-state index in [1.807, 2.05) is 55.5 Å². The van der Waals surface area contributed by atoms with Crippen LogP contribution in [0.15, 0.2) is 90.0 Å². The maximum absolute atomic E-state index is 12.0. The van der Waals surface area contributed by atoms with E-state index in [2.05, 4.69) is 46.2 Å². The van der Waals surface area contributed by atoms with Gasteiger partial charge in [0.1, 0.15) is 6.61 Å². The van der Waals surface area contributed by atoms with Gasteiger partial charge in [-0.1, -0.05) is 54.1 Å². The molecule has 0 saturated heterocycles. The van der Waals surface area contributed by atoms with Crippen molar-refractivity contribution in [3.63, 3.8) is 0 Å². The summed E-state index contributed by atoms with van der Waals surface area (Å²) in [5, 5.41) is 9.10. The van der Waals surface area contributed by atoms with Crippen LogP contribution in [-0.2, 0) is 6.61 Å². The summed E-state index contributed by atoms with van der Waals surface area (Å²) >= 11 is 0. The van der Waals surface area contributed by atoms with E-state index in [-0.39, 0.29) is 0 Å². The number of hydrogen-bond acceptors (Lipinski definition) is 4. The van der Waals surface area contributed by atoms with Gasteiger partial charge in [0.2, 0.25) is 0 Å². The van der Waals surface area contributed by atoms with Gasteiger partial charge < -0.3 is 14.8 Å². The first kappa shape index (κ1) is 21.9. The van der Waals surface area contributed by atoms with Crippen molar-refractivity contribution in [2.24, 2.45) is 5.10 Å². The number of methoxy groups -OCH3 is 1. The van der Waals surface area contributed by atoms with Gasteiger partial charge in [-0.25, -0.2) is 10.2 Å². The topological polar surface area (TPSA) is 72.0 Å². The van der Waals surface area contributed by atoms with Gasteiger partial charge in [0, 0.05) is 5.69 Å². The molecule has 6 nitrogen and oxygen atoms in total. The molecule has 2 amide bonds. The summed E-state index contributed by atoms with van der Waals surface area (Å²) < 4.78 is 11.5. The SMILES string of the molecule is COc1cc(/C=N/NC(=O)Nc2ccc(C)cc2)ccc1OCc1ccc2ccccc2c1. The Kier molecular flexibility index (Phi) is 6.85. The highest BCUT2D eigenvalue weighted by atomic mass is 16.5. The average molecular weight is 440 g/mol. The van der Waals surface area contributed by atoms with Gasteiger partial charge >= 0.3 is 6.03 Å². The average Bonchev–Trinajstić information content (AvgIpc) is 2.84. The third-order valence-electron chi connectivity index (χ3n) is 5.09. The molecule has 33 heavy (non-hydrogen) atoms. The number of fused-ring (bicyclic) bond motifs is 1. The zero-order valence-electron chi connectivity index (χ0n) is 18.5. The van der Waals surface area contributed by atoms with E-state index < -0.39 is 6.03 Å². The molecule has 0 aliphatic carbocycles. The Bertz CT molecular complexity index is 1280. The summed E-state index contributed by atoms with van der Waals surface area (Å²) in [5.74, 6) is 1.22. The lowest BCUT2D eigenvalue weighted by atomic mass is 10.1. The summed E-state index contributed by atoms with van der Waals surface area (Å²) in [5.41, 5.74) is 6.11. The molecular weight excluding hydrogens is 414 g/mol. The molecule has 0 radical (unpaired) electrons. The van der Waals surface area contributed by atoms with Crippen molar-refractivity contribution in [2.45, 2.75) is 13.5 Å². The molecule has 0 aliphatic rings. The number of nitrogens with zero attached hydrogens (tertiary/aromatic N) is 1. The van der Waals surface area contributed by atoms with E-state index >= 15 is 0 Å². The predicted molar refractivity (Wildman–Crippen MR) is 132 cm³/mol. The van der Waals surface area contributed by atoms with Crippen molar-refractivity contribution in [3.05, 3.63) is 102 Å². The fourth-order valence-corrected chi connectivity index (χ4v) is 3.33. The normalized spacial score (nSPS) is 10.8. The molecule has 6 heteroatoms. The van der Waals surface area contributed by atoms with E-state index in [0.29, 0.717) is 23.8 Å². The Morgan fingerprint density at radius 2 is 1.70 bits per heavy atom. The minimum Gasteiger partial charge on any atom is -0.493 e. The number of anilines is 1. The lowest BCUT2D eigenvalue weighted by molar-refractivity contribution is 0.252. The summed E-state index contributed by atoms with van der Waals surface area (Å²) in [4.78, 5) is 12.0. The molecule has 0 bridgehead atoms. The van der Waals surface area contributed by atoms with Crippen LogP contribution in [-0.4, -0.2) is 19.4 Å². The van der Waals surface area contributed by atoms with Gasteiger partial charge in [-0.15, -0.1) is 0 Å². The second kappa shape index (κ2) is 10.3. The molecule has 0 atom stereocenters. The second-order valence-corrected chi connectivity index (χ2v) is 7.57. The van der Waals surface area contributed by atoms with Gasteiger partial charge in [0.05, 0.1) is 13.3 Å². The summed E-state index contributed by atoms with van der Waals surface area (Å²) in [7, 11) is 1.59. The number of rotatable bonds is 7. The second-order valence-electron chi connectivity index (χ2n) is 7.57. The third kappa shape index (κ3) is 5.89. The summed E-state index contributed by atoms with van der Waals surface area (Å²) in [6.45, 7) is 2.41. The molecule has 0 aromatic heterocycles. The Morgan fingerprint density at radius 1 is 0.909 bits per heavy atom. The minimum absolute atomic E-state index is 0.419. The van der Waals surface area contributed by atoms with Crippen molar-refractivity contribution >= 4 is 28.7 Å². The molecule has 0 unspecified atom stereocenters. The smallest absolute Gasteiger partial charge is 0.339 e. The molecule has 4 rings (SSSR count). The van der Waals surface area contributed by atoms with Crippen LogP contribution in [0.5, 0.6) is 11.5 Å². The molecule has 4 aromatic rings. The van der Waals surface area contributed by atoms with Gasteiger partial charge in [0.25, 0.3) is 0 Å². The molecule has 0 fully saturated rings. The summed E-state index contributed by atoms with van der Waals surface area (Å²) in [6.07, 6.45) is 1.55. The molecule has 4 aromatic carbocycles. The van der Waals surface area contributed by atoms with Gasteiger partial charge in [0.15, 0.2) is 11.5 Å². The van der Waals surface area contributed by atoms with Crippen molar-refractivity contribution in [2.75, 3.05) is 12.4 Å². The van der Waals surface area contributed by atoms with Crippen LogP contribution in [0.25, 0.3) is 10.8 Å². The Morgan fingerprint density at radius 3 is 2.48 bits per heavy atom. The van der Waals surface area contributed by atoms with Gasteiger partial charge in [-0.2, -0.15) is 5.10 Å². The van der Waals surface area contributed by atoms with Gasteiger partial charge in [-0.3, -0.25) is 0 Å². The quantitative estimate of drug-likeness (QED) is 0.279. The van der Waals surface area contributed by atoms with E-state index in [1.54, 1.807) is 19.4 Å². The highest BCUT2D eigenvalue weighted by Crippen LogP contribution is 2.28. The van der Waals surface area contributed by atoms with Crippen LogP contribution in [0.2, 0.25) is 0 Å². The van der Waals surface area contributed by atoms with Crippen LogP contribution >= 0.6 is 0 Å². The Labute approximate surface area is 192 Å². The molecule has 0 spiro atoms. The van der Waals surface area contributed by atoms with Crippen molar-refractivity contribution < 1.29 is 14.3 Å². The summed E-state index contributed by atoms with van der Waals surface area (Å²) in [6, 6.07) is 27.1. The number of nitrogens with one attached hydrogen (secondary N) is 2. The Balaban J connectivity index is 1.35. The number of urea groups is 1. The number of hydrogen-bond donors (Lipinski definition) is 2. The van der Waals surface area contributed by atoms with Crippen LogP contribution in [0.3, 0.4) is 0 Å². The number of carbonyl (C=O) groups is 1. The third-order valence-corrected chi connectivity index (χ3v) is 5.09. The van der Waals surface area contributed by atoms with Crippen molar-refractivity contribution in [1.29, 1.82) is 0 Å². The molecule has 166 valence electrons. The Hall–Kier alpha value is -4.32. The van der Waals surface area contributed by atoms with Gasteiger partial charge in [-0.05, 0) is 65.2 Å². The van der Waals surface area contributed by atoms with E-state index in [1.165, 1.54) is 10.8 Å². The first-order valence-electron chi connectivity index (χ1n) is 10.6. The number of carbonyl (C=O) groups excluding carboxylic acids is 1. The minimum atomic E-state index is -0.419. The number of hydrazone groups is 1. The lowest BCUT2D eigenvalue weighted by Gasteiger charge is -2.12. The molecule has 0 aliphatic heterocycles. The lowest BCUT2D eigenvalue weighted by Crippen LogP contribution is -2.24. The molecule has 0 saturated carbocycles. The number of amides is 2. The van der Waals surface area contributed by atoms with Crippen molar-refractivity contribution in [3.8, 4) is 11.5 Å². The largest absolute Gasteiger partial charge is 0.493 e. The number of aryl methyl sites for hydroxylation is 1. The molecule has 0 heterocycles. The first-order valence-corrected chi connectivity index (χ1v) is 10.6. The van der Waals surface area contributed by atoms with Crippen LogP contribution in [0.4, 0.5) is 10.5 Å². The van der Waals surface area contributed by atoms with E-state index in [9.17, 15) is 4.79 Å². The molecular formula is C27H25N3O3. The van der Waals surface area contributed by atoms with Crippen LogP contribution in [0.1, 0.15) is 16.7 Å². The highest BCUT2D eigenvalue weighted by molar-refractivity contribution is 5.90. The fraction of sp³-hybridized carbons (Fsp3) is 0.111. The maximum Gasteiger partial charge on any atom is 0.339 e. The van der Waals surface area contributed by atoms with Crippen LogP contribution < -0.4 is 20.2 Å². The predicted octanol–water partition coefficient (Wildman–Crippen LogP) is 5.89. The van der Waals surface area contributed by atoms with E-state index in [0.717, 1.165) is 16.7 Å². The van der Waals surface area contributed by atoms with Crippen molar-refractivity contribution in [1.82, 2.24) is 5.43 Å². The zero-order chi connectivity index (χ0) is 23.0. The monoisotopic (exact) mass is 439 g/mol. The molecule has 2 N–H and O–H groups in total. The number of benzene rings is 4. The highest BCUT2D eigenvalue weighted by Gasteiger charge is 2.07. The fourth-order valence-electron chi connectivity index (χ4n) is 3.33. The van der Waals surface area contributed by atoms with E-state index in [4.69, 9.17) is 9.47 Å². The zero-order valence-corrected chi connectivity index (χ0v) is 18.5. The maximum atomic E-state index is 12.0. The van der Waals surface area contributed by atoms with Crippen LogP contribution in [0, 0.1) is 6.92 Å². The standard InChI is InChI=1S/C27H25N3O3/c1-19-7-12-24(13-8-19)29-27(31)30-28-17-20-10-14-25(26(16-20)32-2)33-18-21-9-11-22-5-3-4-6-23(22)15-21/h3-17H,18H2,1-2H3,(H2,29,30,31)/b28-17+. The first-order chi connectivity index (χ1) is 16.1.